The molecule has 1 fully saturated rings. The van der Waals surface area contributed by atoms with Crippen molar-refractivity contribution in [3.63, 3.8) is 0 Å². The Balaban J connectivity index is 1.82. The number of benzene rings is 1. The van der Waals surface area contributed by atoms with Crippen LogP contribution in [0.15, 0.2) is 51.3 Å². The summed E-state index contributed by atoms with van der Waals surface area (Å²) >= 11 is 3.49. The number of rotatable bonds is 2. The molecule has 0 spiro atoms. The van der Waals surface area contributed by atoms with E-state index >= 15 is 0 Å². The Morgan fingerprint density at radius 2 is 1.83 bits per heavy atom. The molecule has 1 aromatic rings. The first-order valence-corrected chi connectivity index (χ1v) is 10.9. The molecule has 29 heavy (non-hydrogen) atoms. The van der Waals surface area contributed by atoms with Gasteiger partial charge >= 0.3 is 0 Å². The lowest BCUT2D eigenvalue weighted by Gasteiger charge is -2.41. The molecule has 3 aliphatic rings. The van der Waals surface area contributed by atoms with Crippen molar-refractivity contribution in [2.45, 2.75) is 39.5 Å². The van der Waals surface area contributed by atoms with E-state index in [1.54, 1.807) is 0 Å². The number of amides is 1. The minimum Gasteiger partial charge on any atom is -0.378 e. The zero-order chi connectivity index (χ0) is 20.8. The third kappa shape index (κ3) is 3.92. The number of carbonyl (C=O) groups excluding carboxylic acids is 2. The second-order valence-corrected chi connectivity index (χ2v) is 9.80. The highest BCUT2D eigenvalue weighted by molar-refractivity contribution is 9.10. The Hall–Kier alpha value is -1.92. The Bertz CT molecular complexity index is 909. The Morgan fingerprint density at radius 3 is 2.48 bits per heavy atom. The molecule has 0 radical (unpaired) electrons. The van der Waals surface area contributed by atoms with Gasteiger partial charge in [0.05, 0.1) is 13.2 Å². The molecule has 2 heterocycles. The number of nitrogens with one attached hydrogen (secondary N) is 1. The van der Waals surface area contributed by atoms with Gasteiger partial charge in [0.1, 0.15) is 0 Å². The average molecular weight is 459 g/mol. The summed E-state index contributed by atoms with van der Waals surface area (Å²) in [4.78, 5) is 28.7. The predicted molar refractivity (Wildman–Crippen MR) is 115 cm³/mol. The zero-order valence-electron chi connectivity index (χ0n) is 17.2. The Labute approximate surface area is 180 Å². The monoisotopic (exact) mass is 458 g/mol. The first kappa shape index (κ1) is 20.4. The quantitative estimate of drug-likeness (QED) is 0.729. The largest absolute Gasteiger partial charge is 0.378 e. The van der Waals surface area contributed by atoms with E-state index in [0.29, 0.717) is 38.3 Å². The van der Waals surface area contributed by atoms with Gasteiger partial charge in [-0.1, -0.05) is 41.9 Å². The van der Waals surface area contributed by atoms with Gasteiger partial charge in [-0.3, -0.25) is 9.59 Å². The summed E-state index contributed by atoms with van der Waals surface area (Å²) in [5, 5.41) is 3.44. The van der Waals surface area contributed by atoms with E-state index in [9.17, 15) is 9.59 Å². The summed E-state index contributed by atoms with van der Waals surface area (Å²) in [5.74, 6) is -0.204. The Kier molecular flexibility index (Phi) is 5.42. The molecule has 2 aliphatic heterocycles. The van der Waals surface area contributed by atoms with E-state index in [4.69, 9.17) is 4.74 Å². The van der Waals surface area contributed by atoms with Crippen molar-refractivity contribution in [1.82, 2.24) is 10.2 Å². The van der Waals surface area contributed by atoms with Gasteiger partial charge < -0.3 is 15.0 Å². The van der Waals surface area contributed by atoms with Gasteiger partial charge in [0.15, 0.2) is 5.78 Å². The molecule has 6 heteroatoms. The molecule has 1 aliphatic carbocycles. The fraction of sp³-hybridized carbons (Fsp3) is 0.478. The summed E-state index contributed by atoms with van der Waals surface area (Å²) < 4.78 is 6.39. The van der Waals surface area contributed by atoms with E-state index in [1.807, 2.05) is 36.1 Å². The molecule has 1 amide bonds. The van der Waals surface area contributed by atoms with Gasteiger partial charge in [0, 0.05) is 52.4 Å². The number of halogens is 1. The van der Waals surface area contributed by atoms with E-state index in [1.165, 1.54) is 0 Å². The van der Waals surface area contributed by atoms with Crippen LogP contribution >= 0.6 is 15.9 Å². The highest BCUT2D eigenvalue weighted by atomic mass is 79.9. The van der Waals surface area contributed by atoms with Crippen LogP contribution in [0.3, 0.4) is 0 Å². The molecule has 1 saturated heterocycles. The molecule has 0 bridgehead atoms. The van der Waals surface area contributed by atoms with Crippen LogP contribution in [0.2, 0.25) is 0 Å². The number of nitrogens with zero attached hydrogens (tertiary/aromatic N) is 1. The first-order valence-electron chi connectivity index (χ1n) is 10.1. The number of ether oxygens (including phenoxy) is 1. The van der Waals surface area contributed by atoms with Gasteiger partial charge in [0.2, 0.25) is 0 Å². The van der Waals surface area contributed by atoms with Crippen LogP contribution in [-0.4, -0.2) is 42.9 Å². The highest BCUT2D eigenvalue weighted by Crippen LogP contribution is 2.47. The third-order valence-electron chi connectivity index (χ3n) is 5.97. The molecule has 1 N–H and O–H groups in total. The predicted octanol–water partition coefficient (Wildman–Crippen LogP) is 3.91. The zero-order valence-corrected chi connectivity index (χ0v) is 18.8. The molecule has 4 rings (SSSR count). The molecule has 5 nitrogen and oxygen atoms in total. The maximum absolute atomic E-state index is 13.6. The smallest absolute Gasteiger partial charge is 0.252 e. The average Bonchev–Trinajstić information content (AvgIpc) is 2.67. The van der Waals surface area contributed by atoms with Crippen molar-refractivity contribution in [2.24, 2.45) is 5.41 Å². The lowest BCUT2D eigenvalue weighted by Crippen LogP contribution is -2.45. The van der Waals surface area contributed by atoms with Gasteiger partial charge in [-0.2, -0.15) is 0 Å². The number of hydrogen-bond donors (Lipinski definition) is 1. The van der Waals surface area contributed by atoms with E-state index in [2.05, 4.69) is 35.1 Å². The van der Waals surface area contributed by atoms with Crippen LogP contribution in [-0.2, 0) is 14.3 Å². The number of ketones is 1. The second-order valence-electron chi connectivity index (χ2n) is 8.89. The van der Waals surface area contributed by atoms with Crippen LogP contribution in [0.25, 0.3) is 0 Å². The molecule has 0 aromatic heterocycles. The maximum Gasteiger partial charge on any atom is 0.252 e. The number of Topliss-reactive ketones (excluding diaryl/α,β-unsaturated/α-hetero) is 1. The van der Waals surface area contributed by atoms with Crippen molar-refractivity contribution < 1.29 is 14.3 Å². The van der Waals surface area contributed by atoms with E-state index in [0.717, 1.165) is 33.4 Å². The van der Waals surface area contributed by atoms with Crippen molar-refractivity contribution in [3.8, 4) is 0 Å². The number of carbonyl (C=O) groups is 2. The van der Waals surface area contributed by atoms with Crippen LogP contribution in [0.1, 0.15) is 45.1 Å². The van der Waals surface area contributed by atoms with Crippen LogP contribution in [0, 0.1) is 5.41 Å². The number of dihydropyridines is 1. The van der Waals surface area contributed by atoms with Crippen molar-refractivity contribution in [1.29, 1.82) is 0 Å². The summed E-state index contributed by atoms with van der Waals surface area (Å²) in [6, 6.07) is 7.97. The lowest BCUT2D eigenvalue weighted by atomic mass is 9.68. The van der Waals surface area contributed by atoms with Crippen LogP contribution in [0.5, 0.6) is 0 Å². The highest BCUT2D eigenvalue weighted by Gasteiger charge is 2.43. The fourth-order valence-electron chi connectivity index (χ4n) is 4.64. The lowest BCUT2D eigenvalue weighted by molar-refractivity contribution is -0.131. The van der Waals surface area contributed by atoms with Crippen LogP contribution in [0.4, 0.5) is 0 Å². The molecular weight excluding hydrogens is 432 g/mol. The summed E-state index contributed by atoms with van der Waals surface area (Å²) in [7, 11) is 0. The minimum absolute atomic E-state index is 0.00426. The van der Waals surface area contributed by atoms with Gasteiger partial charge in [-0.25, -0.2) is 0 Å². The van der Waals surface area contributed by atoms with Crippen molar-refractivity contribution in [3.05, 3.63) is 56.8 Å². The maximum atomic E-state index is 13.6. The van der Waals surface area contributed by atoms with Gasteiger partial charge in [-0.15, -0.1) is 0 Å². The van der Waals surface area contributed by atoms with E-state index in [-0.39, 0.29) is 23.0 Å². The molecule has 154 valence electrons. The van der Waals surface area contributed by atoms with Crippen molar-refractivity contribution >= 4 is 27.6 Å². The normalized spacial score (nSPS) is 24.3. The van der Waals surface area contributed by atoms with E-state index < -0.39 is 0 Å². The summed E-state index contributed by atoms with van der Waals surface area (Å²) in [6.07, 6.45) is 1.30. The van der Waals surface area contributed by atoms with Crippen molar-refractivity contribution in [2.75, 3.05) is 26.3 Å². The number of allylic oxidation sites excluding steroid dienone is 3. The molecular formula is C23H27BrN2O3. The molecule has 1 unspecified atom stereocenters. The second kappa shape index (κ2) is 7.73. The fourth-order valence-corrected chi connectivity index (χ4v) is 4.91. The SMILES string of the molecule is CC1=C(C(=O)N2CCOCC2)C(c2ccc(Br)cc2)C2=C(CC(C)(C)CC2=O)N1. The first-order chi connectivity index (χ1) is 13.8. The Morgan fingerprint density at radius 1 is 1.17 bits per heavy atom. The molecule has 1 atom stereocenters. The summed E-state index contributed by atoms with van der Waals surface area (Å²) in [5.41, 5.74) is 4.15. The molecule has 1 aromatic carbocycles. The van der Waals surface area contributed by atoms with Crippen LogP contribution < -0.4 is 5.32 Å². The van der Waals surface area contributed by atoms with Gasteiger partial charge in [0.25, 0.3) is 5.91 Å². The number of morpholine rings is 1. The third-order valence-corrected chi connectivity index (χ3v) is 6.50. The molecule has 0 saturated carbocycles. The topological polar surface area (TPSA) is 58.6 Å². The number of hydrogen-bond acceptors (Lipinski definition) is 4. The summed E-state index contributed by atoms with van der Waals surface area (Å²) in [6.45, 7) is 8.46. The standard InChI is InChI=1S/C23H27BrN2O3/c1-14-19(22(28)26-8-10-29-11-9-26)20(15-4-6-16(24)7-5-15)21-17(25-14)12-23(2,3)13-18(21)27/h4-7,20,25H,8-13H2,1-3H3. The van der Waals surface area contributed by atoms with Gasteiger partial charge in [-0.05, 0) is 36.5 Å². The minimum atomic E-state index is -0.335.